The van der Waals surface area contributed by atoms with Crippen molar-refractivity contribution in [2.75, 3.05) is 25.5 Å². The molecule has 216 valence electrons. The highest BCUT2D eigenvalue weighted by Gasteiger charge is 2.30. The number of carbonyl (C=O) groups is 4. The largest absolute Gasteiger partial charge is 0.492 e. The van der Waals surface area contributed by atoms with Gasteiger partial charge in [-0.2, -0.15) is 0 Å². The van der Waals surface area contributed by atoms with E-state index in [4.69, 9.17) is 9.47 Å². The monoisotopic (exact) mass is 563 g/mol. The summed E-state index contributed by atoms with van der Waals surface area (Å²) < 4.78 is 12.4. The molecule has 12 nitrogen and oxygen atoms in total. The summed E-state index contributed by atoms with van der Waals surface area (Å²) in [7, 11) is 1.61. The zero-order valence-corrected chi connectivity index (χ0v) is 23.6. The van der Waals surface area contributed by atoms with Crippen molar-refractivity contribution in [2.24, 2.45) is 0 Å². The molecule has 2 heterocycles. The van der Waals surface area contributed by atoms with Gasteiger partial charge in [-0.1, -0.05) is 12.1 Å². The van der Waals surface area contributed by atoms with Crippen LogP contribution in [0.1, 0.15) is 55.8 Å². The summed E-state index contributed by atoms with van der Waals surface area (Å²) >= 11 is 0. The van der Waals surface area contributed by atoms with E-state index in [1.807, 2.05) is 0 Å². The van der Waals surface area contributed by atoms with Crippen molar-refractivity contribution in [3.63, 3.8) is 0 Å². The highest BCUT2D eigenvalue weighted by atomic mass is 16.6. The molecule has 1 aliphatic rings. The van der Waals surface area contributed by atoms with Gasteiger partial charge < -0.3 is 19.7 Å². The van der Waals surface area contributed by atoms with Crippen LogP contribution in [0.15, 0.2) is 47.3 Å². The molecule has 2 aromatic carbocycles. The van der Waals surface area contributed by atoms with Crippen LogP contribution in [-0.2, 0) is 14.3 Å². The minimum atomic E-state index is -0.845. The molecule has 1 aromatic heterocycles. The summed E-state index contributed by atoms with van der Waals surface area (Å²) in [5, 5.41) is 5.30. The van der Waals surface area contributed by atoms with Crippen molar-refractivity contribution in [2.45, 2.75) is 52.2 Å². The average molecular weight is 564 g/mol. The van der Waals surface area contributed by atoms with Gasteiger partial charge in [0.1, 0.15) is 35.3 Å². The number of carbonyl (C=O) groups excluding carboxylic acids is 4. The van der Waals surface area contributed by atoms with Gasteiger partial charge in [0.15, 0.2) is 0 Å². The predicted molar refractivity (Wildman–Crippen MR) is 151 cm³/mol. The maximum atomic E-state index is 13.4. The summed E-state index contributed by atoms with van der Waals surface area (Å²) in [6.07, 6.45) is -0.137. The van der Waals surface area contributed by atoms with Crippen LogP contribution < -0.4 is 20.9 Å². The number of aryl methyl sites for hydroxylation is 1. The summed E-state index contributed by atoms with van der Waals surface area (Å²) in [5.74, 6) is -0.642. The molecule has 1 aliphatic heterocycles. The average Bonchev–Trinajstić information content (AvgIpc) is 2.89. The lowest BCUT2D eigenvalue weighted by atomic mass is 10.1. The molecule has 41 heavy (non-hydrogen) atoms. The van der Waals surface area contributed by atoms with E-state index >= 15 is 0 Å². The van der Waals surface area contributed by atoms with Crippen LogP contribution in [0, 0.1) is 6.92 Å². The molecular formula is C29H33N5O7. The molecule has 12 heteroatoms. The smallest absolute Gasteiger partial charge is 0.410 e. The lowest BCUT2D eigenvalue weighted by Gasteiger charge is -2.24. The Balaban J connectivity index is 1.48. The van der Waals surface area contributed by atoms with Crippen LogP contribution in [0.4, 0.5) is 10.5 Å². The fourth-order valence-electron chi connectivity index (χ4n) is 4.38. The first-order chi connectivity index (χ1) is 19.3. The standard InChI is InChI=1S/C29H33N5O7/c1-17-30-24-20(27(38)34(17)22-12-13-23(35)32-26(22)37)10-7-11-21(24)31-25(36)18-8-6-9-19(16-18)40-15-14-33(5)28(39)41-29(2,3)4/h6-11,16,22H,12-15H2,1-5H3,(H,31,36)(H,32,35,37). The first-order valence-electron chi connectivity index (χ1n) is 13.2. The number of ether oxygens (including phenoxy) is 2. The summed E-state index contributed by atoms with van der Waals surface area (Å²) in [5.41, 5.74) is -0.118. The minimum Gasteiger partial charge on any atom is -0.492 e. The lowest BCUT2D eigenvalue weighted by molar-refractivity contribution is -0.135. The lowest BCUT2D eigenvalue weighted by Crippen LogP contribution is -2.45. The van der Waals surface area contributed by atoms with Gasteiger partial charge in [0.2, 0.25) is 11.8 Å². The van der Waals surface area contributed by atoms with E-state index in [0.717, 1.165) is 0 Å². The Bertz CT molecular complexity index is 1570. The quantitative estimate of drug-likeness (QED) is 0.417. The van der Waals surface area contributed by atoms with Crippen molar-refractivity contribution in [1.82, 2.24) is 19.8 Å². The molecule has 0 saturated carbocycles. The number of hydrogen-bond acceptors (Lipinski definition) is 8. The Morgan fingerprint density at radius 2 is 1.88 bits per heavy atom. The zero-order chi connectivity index (χ0) is 29.9. The summed E-state index contributed by atoms with van der Waals surface area (Å²) in [6.45, 7) is 7.44. The van der Waals surface area contributed by atoms with E-state index in [9.17, 15) is 24.0 Å². The second kappa shape index (κ2) is 11.8. The van der Waals surface area contributed by atoms with Crippen LogP contribution in [0.25, 0.3) is 10.9 Å². The molecule has 0 spiro atoms. The van der Waals surface area contributed by atoms with E-state index < -0.39 is 35.1 Å². The van der Waals surface area contributed by atoms with E-state index in [1.165, 1.54) is 9.47 Å². The number of benzene rings is 2. The summed E-state index contributed by atoms with van der Waals surface area (Å²) in [6, 6.07) is 10.5. The highest BCUT2D eigenvalue weighted by Crippen LogP contribution is 2.24. The Morgan fingerprint density at radius 1 is 1.15 bits per heavy atom. The van der Waals surface area contributed by atoms with E-state index in [2.05, 4.69) is 15.6 Å². The minimum absolute atomic E-state index is 0.125. The van der Waals surface area contributed by atoms with E-state index in [-0.39, 0.29) is 48.6 Å². The van der Waals surface area contributed by atoms with Gasteiger partial charge in [0.05, 0.1) is 17.6 Å². The molecule has 0 radical (unpaired) electrons. The van der Waals surface area contributed by atoms with Crippen molar-refractivity contribution < 1.29 is 28.7 Å². The third kappa shape index (κ3) is 6.89. The zero-order valence-electron chi connectivity index (χ0n) is 23.6. The van der Waals surface area contributed by atoms with Gasteiger partial charge in [-0.15, -0.1) is 0 Å². The van der Waals surface area contributed by atoms with Crippen LogP contribution in [0.2, 0.25) is 0 Å². The van der Waals surface area contributed by atoms with E-state index in [0.29, 0.717) is 17.0 Å². The number of nitrogens with zero attached hydrogens (tertiary/aromatic N) is 3. The fraction of sp³-hybridized carbons (Fsp3) is 0.379. The first kappa shape index (κ1) is 29.2. The van der Waals surface area contributed by atoms with Crippen molar-refractivity contribution in [1.29, 1.82) is 0 Å². The van der Waals surface area contributed by atoms with Crippen LogP contribution in [0.3, 0.4) is 0 Å². The number of piperidine rings is 1. The SMILES string of the molecule is Cc1nc2c(NC(=O)c3cccc(OCCN(C)C(=O)OC(C)(C)C)c3)cccc2c(=O)n1C1CCC(=O)NC1=O. The molecule has 3 aromatic rings. The van der Waals surface area contributed by atoms with Gasteiger partial charge in [-0.3, -0.25) is 29.1 Å². The van der Waals surface area contributed by atoms with E-state index in [1.54, 1.807) is 77.2 Å². The number of para-hydroxylation sites is 1. The topological polar surface area (TPSA) is 149 Å². The number of imide groups is 1. The number of nitrogens with one attached hydrogen (secondary N) is 2. The van der Waals surface area contributed by atoms with Crippen molar-refractivity contribution in [3.8, 4) is 5.75 Å². The van der Waals surface area contributed by atoms with Crippen molar-refractivity contribution in [3.05, 3.63) is 64.2 Å². The number of amides is 4. The van der Waals surface area contributed by atoms with Gasteiger partial charge in [0.25, 0.3) is 11.5 Å². The number of anilines is 1. The first-order valence-corrected chi connectivity index (χ1v) is 13.2. The molecule has 4 amide bonds. The third-order valence-corrected chi connectivity index (χ3v) is 6.37. The Morgan fingerprint density at radius 3 is 2.59 bits per heavy atom. The molecule has 1 atom stereocenters. The maximum absolute atomic E-state index is 13.4. The van der Waals surface area contributed by atoms with Gasteiger partial charge in [0, 0.05) is 19.0 Å². The van der Waals surface area contributed by atoms with Gasteiger partial charge in [-0.25, -0.2) is 9.78 Å². The molecular weight excluding hydrogens is 530 g/mol. The number of aromatic nitrogens is 2. The molecule has 4 rings (SSSR count). The molecule has 1 unspecified atom stereocenters. The fourth-order valence-corrected chi connectivity index (χ4v) is 4.38. The predicted octanol–water partition coefficient (Wildman–Crippen LogP) is 3.18. The number of likely N-dealkylation sites (N-methyl/N-ethyl adjacent to an activating group) is 1. The molecule has 2 N–H and O–H groups in total. The third-order valence-electron chi connectivity index (χ3n) is 6.37. The maximum Gasteiger partial charge on any atom is 0.410 e. The number of fused-ring (bicyclic) bond motifs is 1. The molecule has 0 bridgehead atoms. The Labute approximate surface area is 236 Å². The summed E-state index contributed by atoms with van der Waals surface area (Å²) in [4.78, 5) is 68.6. The second-order valence-corrected chi connectivity index (χ2v) is 10.7. The molecule has 0 aliphatic carbocycles. The van der Waals surface area contributed by atoms with Gasteiger partial charge >= 0.3 is 6.09 Å². The number of rotatable bonds is 7. The normalized spacial score (nSPS) is 15.3. The highest BCUT2D eigenvalue weighted by molar-refractivity contribution is 6.08. The number of hydrogen-bond donors (Lipinski definition) is 2. The van der Waals surface area contributed by atoms with Crippen LogP contribution in [-0.4, -0.2) is 64.1 Å². The van der Waals surface area contributed by atoms with Crippen molar-refractivity contribution >= 4 is 40.4 Å². The molecule has 1 saturated heterocycles. The van der Waals surface area contributed by atoms with Crippen LogP contribution >= 0.6 is 0 Å². The van der Waals surface area contributed by atoms with Gasteiger partial charge in [-0.05, 0) is 64.4 Å². The second-order valence-electron chi connectivity index (χ2n) is 10.7. The Hall–Kier alpha value is -4.74. The molecule has 1 fully saturated rings. The Kier molecular flexibility index (Phi) is 8.41. The van der Waals surface area contributed by atoms with Crippen LogP contribution in [0.5, 0.6) is 5.75 Å².